The van der Waals surface area contributed by atoms with Crippen molar-refractivity contribution in [3.8, 4) is 0 Å². The molecular weight excluding hydrogens is 362 g/mol. The van der Waals surface area contributed by atoms with Crippen molar-refractivity contribution >= 4 is 27.8 Å². The van der Waals surface area contributed by atoms with Gasteiger partial charge < -0.3 is 4.90 Å². The minimum absolute atomic E-state index is 1.19. The topological polar surface area (TPSA) is 3.24 Å². The highest BCUT2D eigenvalue weighted by molar-refractivity contribution is 5.99. The van der Waals surface area contributed by atoms with Crippen LogP contribution in [0.1, 0.15) is 41.7 Å². The molecule has 1 heteroatoms. The third-order valence-electron chi connectivity index (χ3n) is 6.21. The fourth-order valence-electron chi connectivity index (χ4n) is 4.18. The largest absolute Gasteiger partial charge is 0.309 e. The number of fused-ring (bicyclic) bond motifs is 1. The zero-order valence-electron chi connectivity index (χ0n) is 19.4. The molecule has 0 aliphatic carbocycles. The van der Waals surface area contributed by atoms with E-state index in [0.29, 0.717) is 0 Å². The first-order valence-electron chi connectivity index (χ1n) is 10.9. The van der Waals surface area contributed by atoms with E-state index in [1.165, 1.54) is 55.7 Å². The summed E-state index contributed by atoms with van der Waals surface area (Å²) in [6, 6.07) is 25.9. The normalized spacial score (nSPS) is 10.5. The lowest BCUT2D eigenvalue weighted by Gasteiger charge is -2.32. The van der Waals surface area contributed by atoms with Gasteiger partial charge in [0.25, 0.3) is 0 Å². The van der Waals surface area contributed by atoms with Crippen LogP contribution in [0, 0.1) is 34.6 Å². The van der Waals surface area contributed by atoms with Gasteiger partial charge in [0.2, 0.25) is 0 Å². The molecule has 0 aliphatic rings. The number of benzene rings is 4. The van der Waals surface area contributed by atoms with Gasteiger partial charge in [-0.2, -0.15) is 0 Å². The molecule has 0 bridgehead atoms. The Balaban J connectivity index is 0.00000124. The first-order chi connectivity index (χ1) is 14.5. The lowest BCUT2D eigenvalue weighted by atomic mass is 9.91. The Bertz CT molecular complexity index is 1120. The van der Waals surface area contributed by atoms with Crippen LogP contribution in [0.4, 0.5) is 17.1 Å². The van der Waals surface area contributed by atoms with Crippen LogP contribution < -0.4 is 4.90 Å². The van der Waals surface area contributed by atoms with E-state index in [0.717, 1.165) is 0 Å². The van der Waals surface area contributed by atoms with Crippen molar-refractivity contribution in [1.82, 2.24) is 0 Å². The maximum Gasteiger partial charge on any atom is 0.0540 e. The number of nitrogens with zero attached hydrogens (tertiary/aromatic N) is 1. The molecular formula is C29H33N. The average Bonchev–Trinajstić information content (AvgIpc) is 2.81. The molecule has 0 radical (unpaired) electrons. The number of hydrogen-bond donors (Lipinski definition) is 0. The van der Waals surface area contributed by atoms with E-state index in [2.05, 4.69) is 112 Å². The van der Waals surface area contributed by atoms with E-state index in [1.807, 2.05) is 13.8 Å². The van der Waals surface area contributed by atoms with E-state index in [9.17, 15) is 0 Å². The summed E-state index contributed by atoms with van der Waals surface area (Å²) in [6.07, 6.45) is 0. The molecule has 0 N–H and O–H groups in total. The van der Waals surface area contributed by atoms with Crippen molar-refractivity contribution < 1.29 is 0 Å². The third-order valence-corrected chi connectivity index (χ3v) is 6.21. The van der Waals surface area contributed by atoms with Crippen LogP contribution in [0.3, 0.4) is 0 Å². The second-order valence-corrected chi connectivity index (χ2v) is 7.64. The van der Waals surface area contributed by atoms with Gasteiger partial charge in [0.15, 0.2) is 0 Å². The number of rotatable bonds is 3. The highest BCUT2D eigenvalue weighted by atomic mass is 15.1. The molecule has 154 valence electrons. The quantitative estimate of drug-likeness (QED) is 0.335. The van der Waals surface area contributed by atoms with Gasteiger partial charge in [-0.15, -0.1) is 0 Å². The molecule has 1 nitrogen and oxygen atoms in total. The summed E-state index contributed by atoms with van der Waals surface area (Å²) in [5.74, 6) is 0. The molecule has 0 atom stereocenters. The van der Waals surface area contributed by atoms with Crippen LogP contribution >= 0.6 is 0 Å². The minimum atomic E-state index is 1.19. The highest BCUT2D eigenvalue weighted by Gasteiger charge is 2.21. The maximum absolute atomic E-state index is 2.44. The number of para-hydroxylation sites is 1. The standard InChI is InChI=1S/C27H27N.C2H6/c1-18-19(2)21(4)27(22(5)20(18)3)28(24-14-7-6-8-15-24)26-17-11-13-23-12-9-10-16-25(23)26;1-2/h6-17H,1-5H3;1-2H3. The van der Waals surface area contributed by atoms with Crippen molar-refractivity contribution in [2.75, 3.05) is 4.90 Å². The zero-order chi connectivity index (χ0) is 21.8. The minimum Gasteiger partial charge on any atom is -0.309 e. The summed E-state index contributed by atoms with van der Waals surface area (Å²) < 4.78 is 0. The van der Waals surface area contributed by atoms with Gasteiger partial charge in [-0.05, 0) is 86.0 Å². The summed E-state index contributed by atoms with van der Waals surface area (Å²) >= 11 is 0. The number of anilines is 3. The molecule has 0 saturated carbocycles. The Hall–Kier alpha value is -3.06. The molecule has 4 aromatic carbocycles. The van der Waals surface area contributed by atoms with Gasteiger partial charge in [-0.1, -0.05) is 68.4 Å². The summed E-state index contributed by atoms with van der Waals surface area (Å²) in [5, 5.41) is 2.53. The number of hydrogen-bond acceptors (Lipinski definition) is 1. The van der Waals surface area contributed by atoms with Crippen LogP contribution in [0.15, 0.2) is 72.8 Å². The van der Waals surface area contributed by atoms with Crippen molar-refractivity contribution in [1.29, 1.82) is 0 Å². The van der Waals surface area contributed by atoms with Crippen LogP contribution in [0.25, 0.3) is 10.8 Å². The Labute approximate surface area is 182 Å². The molecule has 4 rings (SSSR count). The summed E-state index contributed by atoms with van der Waals surface area (Å²) in [6.45, 7) is 15.2. The van der Waals surface area contributed by atoms with Crippen LogP contribution in [0.5, 0.6) is 0 Å². The Kier molecular flexibility index (Phi) is 6.62. The van der Waals surface area contributed by atoms with Gasteiger partial charge in [0.1, 0.15) is 0 Å². The van der Waals surface area contributed by atoms with E-state index in [-0.39, 0.29) is 0 Å². The first kappa shape index (κ1) is 21.6. The van der Waals surface area contributed by atoms with Gasteiger partial charge in [0.05, 0.1) is 11.4 Å². The van der Waals surface area contributed by atoms with Crippen LogP contribution in [-0.4, -0.2) is 0 Å². The monoisotopic (exact) mass is 395 g/mol. The van der Waals surface area contributed by atoms with Crippen LogP contribution in [0.2, 0.25) is 0 Å². The molecule has 0 amide bonds. The smallest absolute Gasteiger partial charge is 0.0540 e. The second kappa shape index (κ2) is 9.17. The van der Waals surface area contributed by atoms with Crippen molar-refractivity contribution in [2.45, 2.75) is 48.5 Å². The third kappa shape index (κ3) is 3.73. The van der Waals surface area contributed by atoms with Crippen LogP contribution in [-0.2, 0) is 0 Å². The van der Waals surface area contributed by atoms with Gasteiger partial charge in [-0.25, -0.2) is 0 Å². The van der Waals surface area contributed by atoms with Crippen molar-refractivity contribution in [3.63, 3.8) is 0 Å². The first-order valence-corrected chi connectivity index (χ1v) is 10.9. The molecule has 0 aliphatic heterocycles. The Morgan fingerprint density at radius 1 is 0.500 bits per heavy atom. The lowest BCUT2D eigenvalue weighted by Crippen LogP contribution is -2.15. The Morgan fingerprint density at radius 3 is 1.63 bits per heavy atom. The molecule has 0 aromatic heterocycles. The molecule has 0 heterocycles. The van der Waals surface area contributed by atoms with Gasteiger partial charge in [0, 0.05) is 11.1 Å². The van der Waals surface area contributed by atoms with Crippen molar-refractivity contribution in [3.05, 3.63) is 101 Å². The summed E-state index contributed by atoms with van der Waals surface area (Å²) in [5.41, 5.74) is 10.5. The summed E-state index contributed by atoms with van der Waals surface area (Å²) in [4.78, 5) is 2.44. The van der Waals surface area contributed by atoms with E-state index < -0.39 is 0 Å². The Morgan fingerprint density at radius 2 is 1.00 bits per heavy atom. The van der Waals surface area contributed by atoms with Gasteiger partial charge in [-0.3, -0.25) is 0 Å². The maximum atomic E-state index is 2.44. The SMILES string of the molecule is CC.Cc1c(C)c(C)c(N(c2ccccc2)c2cccc3ccccc23)c(C)c1C. The van der Waals surface area contributed by atoms with E-state index in [1.54, 1.807) is 0 Å². The molecule has 0 fully saturated rings. The molecule has 30 heavy (non-hydrogen) atoms. The van der Waals surface area contributed by atoms with E-state index in [4.69, 9.17) is 0 Å². The van der Waals surface area contributed by atoms with Gasteiger partial charge >= 0.3 is 0 Å². The molecule has 0 saturated heterocycles. The molecule has 4 aromatic rings. The summed E-state index contributed by atoms with van der Waals surface area (Å²) in [7, 11) is 0. The lowest BCUT2D eigenvalue weighted by molar-refractivity contribution is 1.13. The van der Waals surface area contributed by atoms with Crippen molar-refractivity contribution in [2.24, 2.45) is 0 Å². The predicted octanol–water partition coefficient (Wildman–Crippen LogP) is 8.88. The van der Waals surface area contributed by atoms with E-state index >= 15 is 0 Å². The fraction of sp³-hybridized carbons (Fsp3) is 0.241. The molecule has 0 unspecified atom stereocenters. The molecule has 0 spiro atoms. The highest BCUT2D eigenvalue weighted by Crippen LogP contribution is 2.44. The average molecular weight is 396 g/mol. The predicted molar refractivity (Wildman–Crippen MR) is 134 cm³/mol. The zero-order valence-corrected chi connectivity index (χ0v) is 19.4. The fourth-order valence-corrected chi connectivity index (χ4v) is 4.18. The second-order valence-electron chi connectivity index (χ2n) is 7.64.